The Hall–Kier alpha value is -1.69. The van der Waals surface area contributed by atoms with Crippen LogP contribution in [0.1, 0.15) is 12.0 Å². The largest absolute Gasteiger partial charge is 0.482 e. The van der Waals surface area contributed by atoms with Crippen molar-refractivity contribution in [1.82, 2.24) is 0 Å². The summed E-state index contributed by atoms with van der Waals surface area (Å²) < 4.78 is 32.4. The summed E-state index contributed by atoms with van der Waals surface area (Å²) in [5, 5.41) is 8.63. The zero-order valence-corrected chi connectivity index (χ0v) is 9.82. The van der Waals surface area contributed by atoms with Crippen molar-refractivity contribution in [3.05, 3.63) is 23.8 Å². The Morgan fingerprint density at radius 3 is 2.89 bits per heavy atom. The lowest BCUT2D eigenvalue weighted by Gasteiger charge is -2.27. The number of carbonyl (C=O) groups excluding carboxylic acids is 1. The van der Waals surface area contributed by atoms with Crippen LogP contribution in [0.4, 0.5) is 14.5 Å². The molecule has 1 aliphatic heterocycles. The standard InChI is InChI=1S/C12H13F2NO3/c1-15-9-6-8(12(13,14)4-5-16)2-3-10(9)18-7-11(15)17/h2-3,6,16H,4-5,7H2,1H3. The van der Waals surface area contributed by atoms with Crippen LogP contribution in [-0.2, 0) is 10.7 Å². The van der Waals surface area contributed by atoms with E-state index in [9.17, 15) is 13.6 Å². The summed E-state index contributed by atoms with van der Waals surface area (Å²) in [6.07, 6.45) is -0.649. The molecule has 1 aliphatic rings. The van der Waals surface area contributed by atoms with E-state index in [1.54, 1.807) is 0 Å². The van der Waals surface area contributed by atoms with Crippen molar-refractivity contribution in [2.24, 2.45) is 0 Å². The summed E-state index contributed by atoms with van der Waals surface area (Å²) in [4.78, 5) is 12.7. The van der Waals surface area contributed by atoms with Gasteiger partial charge in [-0.25, -0.2) is 8.78 Å². The number of aliphatic hydroxyl groups excluding tert-OH is 1. The molecule has 1 amide bonds. The summed E-state index contributed by atoms with van der Waals surface area (Å²) in [5.41, 5.74) is 0.0850. The van der Waals surface area contributed by atoms with Gasteiger partial charge in [-0.2, -0.15) is 0 Å². The molecule has 0 aromatic heterocycles. The molecule has 0 saturated carbocycles. The Morgan fingerprint density at radius 1 is 1.50 bits per heavy atom. The molecule has 0 unspecified atom stereocenters. The number of rotatable bonds is 3. The van der Waals surface area contributed by atoms with E-state index in [2.05, 4.69) is 0 Å². The maximum Gasteiger partial charge on any atom is 0.275 e. The molecule has 6 heteroatoms. The van der Waals surface area contributed by atoms with Gasteiger partial charge in [0, 0.05) is 25.6 Å². The second-order valence-electron chi connectivity index (χ2n) is 4.10. The van der Waals surface area contributed by atoms with Crippen molar-refractivity contribution in [3.8, 4) is 5.75 Å². The van der Waals surface area contributed by atoms with E-state index in [0.29, 0.717) is 11.4 Å². The zero-order chi connectivity index (χ0) is 13.3. The third-order valence-electron chi connectivity index (χ3n) is 2.89. The quantitative estimate of drug-likeness (QED) is 0.893. The molecule has 0 fully saturated rings. The molecule has 1 N–H and O–H groups in total. The molecule has 1 heterocycles. The molecule has 0 atom stereocenters. The van der Waals surface area contributed by atoms with Crippen molar-refractivity contribution >= 4 is 11.6 Å². The van der Waals surface area contributed by atoms with Crippen LogP contribution >= 0.6 is 0 Å². The molecular weight excluding hydrogens is 244 g/mol. The highest BCUT2D eigenvalue weighted by atomic mass is 19.3. The number of benzene rings is 1. The van der Waals surface area contributed by atoms with Gasteiger partial charge in [-0.3, -0.25) is 4.79 Å². The fraction of sp³-hybridized carbons (Fsp3) is 0.417. The molecule has 0 spiro atoms. The number of nitrogens with zero attached hydrogens (tertiary/aromatic N) is 1. The number of anilines is 1. The molecule has 18 heavy (non-hydrogen) atoms. The minimum absolute atomic E-state index is 0.0874. The van der Waals surface area contributed by atoms with Gasteiger partial charge >= 0.3 is 0 Å². The SMILES string of the molecule is CN1C(=O)COc2ccc(C(F)(F)CCO)cc21. The first-order chi connectivity index (χ1) is 8.45. The molecular formula is C12H13F2NO3. The Labute approximate surface area is 103 Å². The molecule has 0 bridgehead atoms. The fourth-order valence-corrected chi connectivity index (χ4v) is 1.78. The average Bonchev–Trinajstić information content (AvgIpc) is 2.33. The van der Waals surface area contributed by atoms with Gasteiger partial charge in [-0.05, 0) is 18.2 Å². The van der Waals surface area contributed by atoms with Gasteiger partial charge in [0.15, 0.2) is 6.61 Å². The maximum atomic E-state index is 13.6. The minimum atomic E-state index is -3.12. The van der Waals surface area contributed by atoms with Gasteiger partial charge in [0.1, 0.15) is 5.75 Å². The molecule has 1 aromatic carbocycles. The number of amides is 1. The molecule has 0 saturated heterocycles. The van der Waals surface area contributed by atoms with E-state index in [1.807, 2.05) is 0 Å². The minimum Gasteiger partial charge on any atom is -0.482 e. The Balaban J connectivity index is 2.40. The Bertz CT molecular complexity index is 476. The van der Waals surface area contributed by atoms with Gasteiger partial charge in [0.25, 0.3) is 11.8 Å². The third-order valence-corrected chi connectivity index (χ3v) is 2.89. The van der Waals surface area contributed by atoms with Crippen LogP contribution in [0.3, 0.4) is 0 Å². The van der Waals surface area contributed by atoms with Crippen LogP contribution in [0, 0.1) is 0 Å². The number of hydrogen-bond donors (Lipinski definition) is 1. The van der Waals surface area contributed by atoms with Crippen molar-refractivity contribution in [2.45, 2.75) is 12.3 Å². The van der Waals surface area contributed by atoms with Crippen LogP contribution in [0.2, 0.25) is 0 Å². The predicted molar refractivity (Wildman–Crippen MR) is 60.9 cm³/mol. The summed E-state index contributed by atoms with van der Waals surface area (Å²) in [7, 11) is 1.51. The highest BCUT2D eigenvalue weighted by Crippen LogP contribution is 2.38. The number of hydrogen-bond acceptors (Lipinski definition) is 3. The van der Waals surface area contributed by atoms with E-state index in [1.165, 1.54) is 30.1 Å². The lowest BCUT2D eigenvalue weighted by Crippen LogP contribution is -2.35. The average molecular weight is 257 g/mol. The van der Waals surface area contributed by atoms with Crippen LogP contribution in [0.25, 0.3) is 0 Å². The smallest absolute Gasteiger partial charge is 0.275 e. The first kappa shape index (κ1) is 12.8. The van der Waals surface area contributed by atoms with Crippen molar-refractivity contribution in [2.75, 3.05) is 25.2 Å². The van der Waals surface area contributed by atoms with Crippen LogP contribution in [0.15, 0.2) is 18.2 Å². The maximum absolute atomic E-state index is 13.6. The Kier molecular flexibility index (Phi) is 3.21. The highest BCUT2D eigenvalue weighted by molar-refractivity contribution is 5.97. The van der Waals surface area contributed by atoms with Gasteiger partial charge in [0.05, 0.1) is 5.69 Å². The zero-order valence-electron chi connectivity index (χ0n) is 9.82. The topological polar surface area (TPSA) is 49.8 Å². The highest BCUT2D eigenvalue weighted by Gasteiger charge is 2.33. The van der Waals surface area contributed by atoms with Crippen LogP contribution in [-0.4, -0.2) is 31.3 Å². The van der Waals surface area contributed by atoms with E-state index >= 15 is 0 Å². The third kappa shape index (κ3) is 2.15. The number of carbonyl (C=O) groups is 1. The molecule has 0 aliphatic carbocycles. The number of alkyl halides is 2. The fourth-order valence-electron chi connectivity index (χ4n) is 1.78. The summed E-state index contributed by atoms with van der Waals surface area (Å²) in [5.74, 6) is -3.00. The number of ether oxygens (including phenoxy) is 1. The summed E-state index contributed by atoms with van der Waals surface area (Å²) >= 11 is 0. The van der Waals surface area contributed by atoms with Crippen molar-refractivity contribution in [1.29, 1.82) is 0 Å². The number of aliphatic hydroxyl groups is 1. The monoisotopic (exact) mass is 257 g/mol. The molecule has 0 radical (unpaired) electrons. The van der Waals surface area contributed by atoms with Gasteiger partial charge in [-0.15, -0.1) is 0 Å². The van der Waals surface area contributed by atoms with Crippen LogP contribution in [0.5, 0.6) is 5.75 Å². The number of likely N-dealkylation sites (N-methyl/N-ethyl adjacent to an activating group) is 1. The van der Waals surface area contributed by atoms with E-state index in [-0.39, 0.29) is 18.1 Å². The van der Waals surface area contributed by atoms with Gasteiger partial charge in [0.2, 0.25) is 0 Å². The first-order valence-corrected chi connectivity index (χ1v) is 5.48. The summed E-state index contributed by atoms with van der Waals surface area (Å²) in [6.45, 7) is -0.689. The molecule has 1 aromatic rings. The second-order valence-corrected chi connectivity index (χ2v) is 4.10. The van der Waals surface area contributed by atoms with Crippen molar-refractivity contribution < 1.29 is 23.4 Å². The predicted octanol–water partition coefficient (Wildman–Crippen LogP) is 1.52. The second kappa shape index (κ2) is 4.53. The molecule has 4 nitrogen and oxygen atoms in total. The first-order valence-electron chi connectivity index (χ1n) is 5.48. The van der Waals surface area contributed by atoms with Crippen LogP contribution < -0.4 is 9.64 Å². The van der Waals surface area contributed by atoms with Gasteiger partial charge in [-0.1, -0.05) is 0 Å². The Morgan fingerprint density at radius 2 is 2.22 bits per heavy atom. The lowest BCUT2D eigenvalue weighted by atomic mass is 10.0. The van der Waals surface area contributed by atoms with Gasteiger partial charge < -0.3 is 14.7 Å². The lowest BCUT2D eigenvalue weighted by molar-refractivity contribution is -0.121. The van der Waals surface area contributed by atoms with E-state index in [0.717, 1.165) is 0 Å². The van der Waals surface area contributed by atoms with E-state index in [4.69, 9.17) is 9.84 Å². The number of halogens is 2. The molecule has 2 rings (SSSR count). The normalized spacial score (nSPS) is 15.3. The van der Waals surface area contributed by atoms with Crippen molar-refractivity contribution in [3.63, 3.8) is 0 Å². The summed E-state index contributed by atoms with van der Waals surface area (Å²) in [6, 6.07) is 3.89. The number of fused-ring (bicyclic) bond motifs is 1. The van der Waals surface area contributed by atoms with E-state index < -0.39 is 19.0 Å². The molecule has 98 valence electrons.